The smallest absolute Gasteiger partial charge is 0.315 e. The van der Waals surface area contributed by atoms with E-state index in [4.69, 9.17) is 5.11 Å². The minimum atomic E-state index is -0.742. The number of rotatable bonds is 5. The molecule has 0 atom stereocenters. The molecule has 3 rings (SSSR count). The number of carbonyl (C=O) groups is 2. The standard InChI is InChI=1S/C19H25FN2O3/c20-15-6-4-14(5-7-15)19(10-1-11-19)12-21-18(25)22-16-8-2-13(3-9-16)17(23)24/h4-7,13,16H,1-3,8-12H2,(H,23,24)(H2,21,22,25). The molecule has 25 heavy (non-hydrogen) atoms. The fourth-order valence-electron chi connectivity index (χ4n) is 3.95. The van der Waals surface area contributed by atoms with Gasteiger partial charge >= 0.3 is 12.0 Å². The van der Waals surface area contributed by atoms with Gasteiger partial charge in [-0.2, -0.15) is 0 Å². The number of benzene rings is 1. The van der Waals surface area contributed by atoms with Crippen LogP contribution < -0.4 is 10.6 Å². The van der Waals surface area contributed by atoms with Crippen molar-refractivity contribution in [3.63, 3.8) is 0 Å². The topological polar surface area (TPSA) is 78.4 Å². The summed E-state index contributed by atoms with van der Waals surface area (Å²) in [4.78, 5) is 23.2. The Balaban J connectivity index is 1.48. The minimum Gasteiger partial charge on any atom is -0.481 e. The van der Waals surface area contributed by atoms with E-state index < -0.39 is 5.97 Å². The van der Waals surface area contributed by atoms with E-state index in [0.717, 1.165) is 24.8 Å². The molecule has 0 aliphatic heterocycles. The maximum Gasteiger partial charge on any atom is 0.315 e. The molecule has 2 aliphatic carbocycles. The number of nitrogens with one attached hydrogen (secondary N) is 2. The second-order valence-corrected chi connectivity index (χ2v) is 7.35. The highest BCUT2D eigenvalue weighted by molar-refractivity contribution is 5.74. The Bertz CT molecular complexity index is 620. The van der Waals surface area contributed by atoms with E-state index >= 15 is 0 Å². The Labute approximate surface area is 147 Å². The van der Waals surface area contributed by atoms with Crippen LogP contribution in [0.15, 0.2) is 24.3 Å². The number of hydrogen-bond donors (Lipinski definition) is 3. The number of amides is 2. The zero-order chi connectivity index (χ0) is 17.9. The molecule has 2 amide bonds. The summed E-state index contributed by atoms with van der Waals surface area (Å²) in [5, 5.41) is 14.9. The summed E-state index contributed by atoms with van der Waals surface area (Å²) in [7, 11) is 0. The van der Waals surface area contributed by atoms with E-state index in [2.05, 4.69) is 10.6 Å². The van der Waals surface area contributed by atoms with Crippen LogP contribution in [0.1, 0.15) is 50.5 Å². The highest BCUT2D eigenvalue weighted by Crippen LogP contribution is 2.43. The monoisotopic (exact) mass is 348 g/mol. The van der Waals surface area contributed by atoms with Gasteiger partial charge in [0, 0.05) is 18.0 Å². The van der Waals surface area contributed by atoms with Crippen molar-refractivity contribution in [1.29, 1.82) is 0 Å². The van der Waals surface area contributed by atoms with Crippen molar-refractivity contribution >= 4 is 12.0 Å². The van der Waals surface area contributed by atoms with Crippen LogP contribution in [0.25, 0.3) is 0 Å². The Morgan fingerprint density at radius 3 is 2.28 bits per heavy atom. The molecule has 0 radical (unpaired) electrons. The van der Waals surface area contributed by atoms with Crippen LogP contribution in [0.3, 0.4) is 0 Å². The van der Waals surface area contributed by atoms with Gasteiger partial charge in [0.05, 0.1) is 5.92 Å². The predicted molar refractivity (Wildman–Crippen MR) is 91.8 cm³/mol. The summed E-state index contributed by atoms with van der Waals surface area (Å²) >= 11 is 0. The fraction of sp³-hybridized carbons (Fsp3) is 0.579. The molecule has 5 nitrogen and oxygen atoms in total. The lowest BCUT2D eigenvalue weighted by atomic mass is 9.64. The molecule has 0 bridgehead atoms. The summed E-state index contributed by atoms with van der Waals surface area (Å²) in [6.45, 7) is 0.537. The average Bonchev–Trinajstić information content (AvgIpc) is 2.56. The van der Waals surface area contributed by atoms with Crippen LogP contribution in [0, 0.1) is 11.7 Å². The van der Waals surface area contributed by atoms with Crippen molar-refractivity contribution in [3.05, 3.63) is 35.6 Å². The normalized spacial score (nSPS) is 24.8. The molecular formula is C19H25FN2O3. The van der Waals surface area contributed by atoms with Crippen LogP contribution in [-0.4, -0.2) is 29.7 Å². The number of urea groups is 1. The summed E-state index contributed by atoms with van der Waals surface area (Å²) in [6.07, 6.45) is 5.71. The van der Waals surface area contributed by atoms with E-state index in [9.17, 15) is 14.0 Å². The largest absolute Gasteiger partial charge is 0.481 e. The molecule has 0 saturated heterocycles. The SMILES string of the molecule is O=C(NCC1(c2ccc(F)cc2)CCC1)NC1CCC(C(=O)O)CC1. The maximum absolute atomic E-state index is 13.1. The molecule has 1 aromatic rings. The predicted octanol–water partition coefficient (Wildman–Crippen LogP) is 3.19. The second kappa shape index (κ2) is 7.42. The zero-order valence-corrected chi connectivity index (χ0v) is 14.3. The highest BCUT2D eigenvalue weighted by Gasteiger charge is 2.39. The summed E-state index contributed by atoms with van der Waals surface area (Å²) < 4.78 is 13.1. The first-order chi connectivity index (χ1) is 12.0. The lowest BCUT2D eigenvalue weighted by Crippen LogP contribution is -2.50. The first-order valence-corrected chi connectivity index (χ1v) is 9.02. The number of carboxylic acids is 1. The molecule has 0 unspecified atom stereocenters. The Kier molecular flexibility index (Phi) is 5.25. The van der Waals surface area contributed by atoms with E-state index in [1.54, 1.807) is 12.1 Å². The number of hydrogen-bond acceptors (Lipinski definition) is 2. The minimum absolute atomic E-state index is 0.0405. The van der Waals surface area contributed by atoms with Gasteiger partial charge in [0.25, 0.3) is 0 Å². The summed E-state index contributed by atoms with van der Waals surface area (Å²) in [6, 6.07) is 6.39. The number of carboxylic acid groups (broad SMARTS) is 1. The molecule has 0 spiro atoms. The molecule has 136 valence electrons. The molecular weight excluding hydrogens is 323 g/mol. The van der Waals surface area contributed by atoms with Gasteiger partial charge in [-0.25, -0.2) is 9.18 Å². The molecule has 3 N–H and O–H groups in total. The van der Waals surface area contributed by atoms with Gasteiger partial charge in [-0.05, 0) is 56.2 Å². The van der Waals surface area contributed by atoms with Gasteiger partial charge in [-0.1, -0.05) is 18.6 Å². The Hall–Kier alpha value is -2.11. The first kappa shape index (κ1) is 17.7. The Morgan fingerprint density at radius 2 is 1.76 bits per heavy atom. The molecule has 6 heteroatoms. The highest BCUT2D eigenvalue weighted by atomic mass is 19.1. The van der Waals surface area contributed by atoms with Gasteiger partial charge < -0.3 is 15.7 Å². The molecule has 0 heterocycles. The molecule has 2 fully saturated rings. The van der Waals surface area contributed by atoms with Crippen molar-refractivity contribution in [2.24, 2.45) is 5.92 Å². The third-order valence-electron chi connectivity index (χ3n) is 5.77. The van der Waals surface area contributed by atoms with E-state index in [-0.39, 0.29) is 29.2 Å². The van der Waals surface area contributed by atoms with Crippen molar-refractivity contribution in [1.82, 2.24) is 10.6 Å². The molecule has 1 aromatic carbocycles. The summed E-state index contributed by atoms with van der Waals surface area (Å²) in [5.41, 5.74) is 0.980. The van der Waals surface area contributed by atoms with E-state index in [1.165, 1.54) is 12.1 Å². The second-order valence-electron chi connectivity index (χ2n) is 7.35. The summed E-state index contributed by atoms with van der Waals surface area (Å²) in [5.74, 6) is -1.27. The third kappa shape index (κ3) is 4.11. The first-order valence-electron chi connectivity index (χ1n) is 9.02. The lowest BCUT2D eigenvalue weighted by molar-refractivity contribution is -0.142. The van der Waals surface area contributed by atoms with Crippen LogP contribution in [0.4, 0.5) is 9.18 Å². The third-order valence-corrected chi connectivity index (χ3v) is 5.77. The van der Waals surface area contributed by atoms with Crippen molar-refractivity contribution in [2.45, 2.75) is 56.4 Å². The number of carbonyl (C=O) groups excluding carboxylic acids is 1. The van der Waals surface area contributed by atoms with Gasteiger partial charge in [-0.3, -0.25) is 4.79 Å². The molecule has 0 aromatic heterocycles. The molecule has 2 aliphatic rings. The van der Waals surface area contributed by atoms with E-state index in [1.807, 2.05) is 0 Å². The van der Waals surface area contributed by atoms with E-state index in [0.29, 0.717) is 32.2 Å². The zero-order valence-electron chi connectivity index (χ0n) is 14.3. The van der Waals surface area contributed by atoms with Crippen molar-refractivity contribution < 1.29 is 19.1 Å². The van der Waals surface area contributed by atoms with Crippen molar-refractivity contribution in [3.8, 4) is 0 Å². The fourth-order valence-corrected chi connectivity index (χ4v) is 3.95. The molecule has 2 saturated carbocycles. The lowest BCUT2D eigenvalue weighted by Gasteiger charge is -2.42. The van der Waals surface area contributed by atoms with Gasteiger partial charge in [0.2, 0.25) is 0 Å². The van der Waals surface area contributed by atoms with Crippen LogP contribution in [0.5, 0.6) is 0 Å². The van der Waals surface area contributed by atoms with Crippen LogP contribution in [0.2, 0.25) is 0 Å². The number of aliphatic carboxylic acids is 1. The average molecular weight is 348 g/mol. The van der Waals surface area contributed by atoms with Crippen LogP contribution in [-0.2, 0) is 10.2 Å². The maximum atomic E-state index is 13.1. The Morgan fingerprint density at radius 1 is 1.12 bits per heavy atom. The van der Waals surface area contributed by atoms with Crippen molar-refractivity contribution in [2.75, 3.05) is 6.54 Å². The van der Waals surface area contributed by atoms with Crippen LogP contribution >= 0.6 is 0 Å². The van der Waals surface area contributed by atoms with Gasteiger partial charge in [-0.15, -0.1) is 0 Å². The van der Waals surface area contributed by atoms with Gasteiger partial charge in [0.15, 0.2) is 0 Å². The van der Waals surface area contributed by atoms with Gasteiger partial charge in [0.1, 0.15) is 5.82 Å². The quantitative estimate of drug-likeness (QED) is 0.765. The number of halogens is 1.